The summed E-state index contributed by atoms with van der Waals surface area (Å²) in [5.41, 5.74) is 0. The summed E-state index contributed by atoms with van der Waals surface area (Å²) in [6.07, 6.45) is 0.350. The van der Waals surface area contributed by atoms with Crippen molar-refractivity contribution in [2.45, 2.75) is 44.9 Å². The normalized spacial score (nSPS) is 21.2. The Morgan fingerprint density at radius 2 is 2.46 bits per heavy atom. The summed E-state index contributed by atoms with van der Waals surface area (Å²) in [6, 6.07) is 4.09. The molecule has 0 aromatic carbocycles. The van der Waals surface area contributed by atoms with E-state index in [9.17, 15) is 9.18 Å². The van der Waals surface area contributed by atoms with E-state index in [2.05, 4.69) is 26.4 Å². The van der Waals surface area contributed by atoms with Gasteiger partial charge in [0.15, 0.2) is 5.82 Å². The van der Waals surface area contributed by atoms with Crippen molar-refractivity contribution < 1.29 is 13.7 Å². The highest BCUT2D eigenvalue weighted by molar-refractivity contribution is 7.09. The van der Waals surface area contributed by atoms with Gasteiger partial charge in [-0.05, 0) is 24.8 Å². The van der Waals surface area contributed by atoms with Crippen LogP contribution in [0.2, 0.25) is 0 Å². The first kappa shape index (κ1) is 17.0. The number of likely N-dealkylation sites (tertiary alicyclic amines) is 1. The van der Waals surface area contributed by atoms with Gasteiger partial charge in [-0.25, -0.2) is 4.39 Å². The monoisotopic (exact) mass is 352 g/mol. The van der Waals surface area contributed by atoms with Gasteiger partial charge in [0.05, 0.1) is 0 Å². The van der Waals surface area contributed by atoms with E-state index in [0.29, 0.717) is 44.1 Å². The fraction of sp³-hybridized carbons (Fsp3) is 0.562. The number of thiophene rings is 1. The third-order valence-electron chi connectivity index (χ3n) is 4.09. The zero-order valence-electron chi connectivity index (χ0n) is 13.6. The minimum absolute atomic E-state index is 0.0386. The van der Waals surface area contributed by atoms with Gasteiger partial charge in [-0.15, -0.1) is 11.3 Å². The minimum atomic E-state index is -0.826. The third-order valence-corrected chi connectivity index (χ3v) is 4.95. The second kappa shape index (κ2) is 7.85. The number of aryl methyl sites for hydroxylation is 2. The third kappa shape index (κ3) is 4.61. The number of amides is 1. The van der Waals surface area contributed by atoms with E-state index in [1.807, 2.05) is 11.4 Å². The highest BCUT2D eigenvalue weighted by Gasteiger charge is 2.32. The SMILES string of the molecule is Cc1noc(CCC(=O)NC[C@@H]2C[C@H](F)CN2Cc2cccs2)n1. The number of carbonyl (C=O) groups excluding carboxylic acids is 1. The molecule has 1 aliphatic heterocycles. The Hall–Kier alpha value is -1.80. The van der Waals surface area contributed by atoms with Crippen LogP contribution in [-0.4, -0.2) is 46.3 Å². The Morgan fingerprint density at radius 3 is 3.17 bits per heavy atom. The number of carbonyl (C=O) groups is 1. The van der Waals surface area contributed by atoms with Crippen LogP contribution in [-0.2, 0) is 17.8 Å². The van der Waals surface area contributed by atoms with Gasteiger partial charge >= 0.3 is 0 Å². The zero-order chi connectivity index (χ0) is 16.9. The molecule has 2 aromatic rings. The molecule has 0 saturated carbocycles. The predicted molar refractivity (Wildman–Crippen MR) is 88.4 cm³/mol. The summed E-state index contributed by atoms with van der Waals surface area (Å²) >= 11 is 1.67. The summed E-state index contributed by atoms with van der Waals surface area (Å²) in [4.78, 5) is 19.4. The molecular weight excluding hydrogens is 331 g/mol. The summed E-state index contributed by atoms with van der Waals surface area (Å²) in [6.45, 7) is 3.37. The van der Waals surface area contributed by atoms with Crippen molar-refractivity contribution in [3.8, 4) is 0 Å². The van der Waals surface area contributed by atoms with Crippen LogP contribution in [0.15, 0.2) is 22.0 Å². The van der Waals surface area contributed by atoms with Crippen molar-refractivity contribution in [2.75, 3.05) is 13.1 Å². The van der Waals surface area contributed by atoms with E-state index in [1.165, 1.54) is 4.88 Å². The maximum absolute atomic E-state index is 13.8. The second-order valence-corrected chi connectivity index (χ2v) is 7.07. The Bertz CT molecular complexity index is 661. The minimum Gasteiger partial charge on any atom is -0.355 e. The molecule has 130 valence electrons. The molecule has 1 amide bonds. The second-order valence-electron chi connectivity index (χ2n) is 6.04. The van der Waals surface area contributed by atoms with Crippen LogP contribution >= 0.6 is 11.3 Å². The fourth-order valence-corrected chi connectivity index (χ4v) is 3.64. The number of nitrogens with one attached hydrogen (secondary N) is 1. The van der Waals surface area contributed by atoms with Crippen molar-refractivity contribution in [1.29, 1.82) is 0 Å². The maximum Gasteiger partial charge on any atom is 0.227 e. The van der Waals surface area contributed by atoms with Crippen LogP contribution in [0.3, 0.4) is 0 Å². The fourth-order valence-electron chi connectivity index (χ4n) is 2.91. The number of hydrogen-bond donors (Lipinski definition) is 1. The molecule has 0 radical (unpaired) electrons. The van der Waals surface area contributed by atoms with Gasteiger partial charge in [-0.1, -0.05) is 11.2 Å². The quantitative estimate of drug-likeness (QED) is 0.826. The van der Waals surface area contributed by atoms with Crippen LogP contribution in [0, 0.1) is 6.92 Å². The lowest BCUT2D eigenvalue weighted by atomic mass is 10.2. The molecule has 0 unspecified atom stereocenters. The highest BCUT2D eigenvalue weighted by atomic mass is 32.1. The number of halogens is 1. The van der Waals surface area contributed by atoms with Crippen molar-refractivity contribution in [1.82, 2.24) is 20.4 Å². The topological polar surface area (TPSA) is 71.3 Å². The van der Waals surface area contributed by atoms with Crippen molar-refractivity contribution in [3.63, 3.8) is 0 Å². The molecule has 1 saturated heterocycles. The van der Waals surface area contributed by atoms with Crippen molar-refractivity contribution in [3.05, 3.63) is 34.1 Å². The van der Waals surface area contributed by atoms with E-state index in [4.69, 9.17) is 4.52 Å². The Labute approximate surface area is 144 Å². The summed E-state index contributed by atoms with van der Waals surface area (Å²) < 4.78 is 18.8. The number of aromatic nitrogens is 2. The molecule has 1 aliphatic rings. The van der Waals surface area contributed by atoms with E-state index < -0.39 is 6.17 Å². The van der Waals surface area contributed by atoms with Gasteiger partial charge in [-0.2, -0.15) is 4.98 Å². The Balaban J connectivity index is 1.44. The summed E-state index contributed by atoms with van der Waals surface area (Å²) in [5.74, 6) is 0.950. The Morgan fingerprint density at radius 1 is 1.58 bits per heavy atom. The molecular formula is C16H21FN4O2S. The molecule has 0 aliphatic carbocycles. The Kier molecular flexibility index (Phi) is 5.57. The average molecular weight is 352 g/mol. The lowest BCUT2D eigenvalue weighted by Crippen LogP contribution is -2.39. The van der Waals surface area contributed by atoms with Crippen LogP contribution in [0.5, 0.6) is 0 Å². The molecule has 2 aromatic heterocycles. The summed E-state index contributed by atoms with van der Waals surface area (Å²) in [5, 5.41) is 8.61. The molecule has 3 heterocycles. The van der Waals surface area contributed by atoms with Crippen LogP contribution < -0.4 is 5.32 Å². The smallest absolute Gasteiger partial charge is 0.227 e. The molecule has 6 nitrogen and oxygen atoms in total. The van der Waals surface area contributed by atoms with Gasteiger partial charge < -0.3 is 9.84 Å². The first-order chi connectivity index (χ1) is 11.6. The number of nitrogens with zero attached hydrogens (tertiary/aromatic N) is 3. The van der Waals surface area contributed by atoms with Crippen LogP contribution in [0.25, 0.3) is 0 Å². The largest absolute Gasteiger partial charge is 0.355 e. The standard InChI is InChI=1S/C16H21FN4O2S/c1-11-19-16(23-20-11)5-4-15(22)18-8-13-7-12(17)9-21(13)10-14-3-2-6-24-14/h2-3,6,12-13H,4-5,7-10H2,1H3,(H,18,22)/t12-,13-/m0/s1. The van der Waals surface area contributed by atoms with Crippen LogP contribution in [0.4, 0.5) is 4.39 Å². The number of rotatable bonds is 7. The predicted octanol–water partition coefficient (Wildman–Crippen LogP) is 2.10. The highest BCUT2D eigenvalue weighted by Crippen LogP contribution is 2.23. The lowest BCUT2D eigenvalue weighted by Gasteiger charge is -2.23. The summed E-state index contributed by atoms with van der Waals surface area (Å²) in [7, 11) is 0. The van der Waals surface area contributed by atoms with Gasteiger partial charge in [0.25, 0.3) is 0 Å². The van der Waals surface area contributed by atoms with Gasteiger partial charge in [0, 0.05) is 43.4 Å². The van der Waals surface area contributed by atoms with E-state index in [1.54, 1.807) is 18.3 Å². The number of hydrogen-bond acceptors (Lipinski definition) is 6. The average Bonchev–Trinajstić information content (AvgIpc) is 3.26. The number of alkyl halides is 1. The molecule has 0 spiro atoms. The maximum atomic E-state index is 13.8. The molecule has 24 heavy (non-hydrogen) atoms. The van der Waals surface area contributed by atoms with E-state index in [-0.39, 0.29) is 11.9 Å². The molecule has 8 heteroatoms. The molecule has 1 N–H and O–H groups in total. The molecule has 3 rings (SSSR count). The first-order valence-corrected chi connectivity index (χ1v) is 8.94. The first-order valence-electron chi connectivity index (χ1n) is 8.06. The van der Waals surface area contributed by atoms with Crippen molar-refractivity contribution >= 4 is 17.2 Å². The zero-order valence-corrected chi connectivity index (χ0v) is 14.4. The molecule has 0 bridgehead atoms. The lowest BCUT2D eigenvalue weighted by molar-refractivity contribution is -0.121. The van der Waals surface area contributed by atoms with Crippen molar-refractivity contribution in [2.24, 2.45) is 0 Å². The van der Waals surface area contributed by atoms with Gasteiger partial charge in [0.2, 0.25) is 11.8 Å². The van der Waals surface area contributed by atoms with Gasteiger partial charge in [-0.3, -0.25) is 9.69 Å². The van der Waals surface area contributed by atoms with Crippen LogP contribution in [0.1, 0.15) is 29.4 Å². The van der Waals surface area contributed by atoms with E-state index >= 15 is 0 Å². The van der Waals surface area contributed by atoms with Gasteiger partial charge in [0.1, 0.15) is 6.17 Å². The van der Waals surface area contributed by atoms with E-state index in [0.717, 1.165) is 6.54 Å². The molecule has 1 fully saturated rings. The molecule has 2 atom stereocenters.